The molecule has 0 spiro atoms. The minimum atomic E-state index is -0.955. The number of pyridine rings is 1. The van der Waals surface area contributed by atoms with E-state index in [1.54, 1.807) is 38.5 Å². The standard InChI is InChI=1S/C26H23F2N3O3.C4H10O/c1-14-17(6-7-21-25(14)29-9-11-34-21)23-18-8-10-31(13-16-4-3-5-20(27)24(16)28)26(18)30-15(2)19(23)12-22(32)33;1-4(2,3)5/h3-8,10,29H,9,11-13H2,1-2H3,(H,32,33);5H,1-3H3. The number of aliphatic carboxylic acids is 1. The fourth-order valence-corrected chi connectivity index (χ4v) is 4.65. The smallest absolute Gasteiger partial charge is 0.307 e. The van der Waals surface area contributed by atoms with Crippen LogP contribution < -0.4 is 10.1 Å². The molecule has 0 unspecified atom stereocenters. The number of benzene rings is 2. The molecule has 0 fully saturated rings. The monoisotopic (exact) mass is 537 g/mol. The van der Waals surface area contributed by atoms with Crippen LogP contribution in [0.4, 0.5) is 14.5 Å². The Kier molecular flexibility index (Phi) is 7.92. The Bertz CT molecular complexity index is 1530. The maximum atomic E-state index is 14.3. The summed E-state index contributed by atoms with van der Waals surface area (Å²) in [6, 6.07) is 9.76. The van der Waals surface area contributed by atoms with Crippen LogP contribution in [-0.2, 0) is 17.8 Å². The van der Waals surface area contributed by atoms with E-state index in [1.807, 2.05) is 25.1 Å². The summed E-state index contributed by atoms with van der Waals surface area (Å²) in [6.07, 6.45) is 1.58. The van der Waals surface area contributed by atoms with Gasteiger partial charge in [0.2, 0.25) is 0 Å². The van der Waals surface area contributed by atoms with Crippen LogP contribution in [0.2, 0.25) is 0 Å². The van der Waals surface area contributed by atoms with E-state index in [9.17, 15) is 18.7 Å². The summed E-state index contributed by atoms with van der Waals surface area (Å²) in [5.74, 6) is -1.99. The summed E-state index contributed by atoms with van der Waals surface area (Å²) >= 11 is 0. The molecule has 2 aromatic heterocycles. The van der Waals surface area contributed by atoms with Crippen molar-refractivity contribution in [1.82, 2.24) is 9.55 Å². The summed E-state index contributed by atoms with van der Waals surface area (Å²) in [6.45, 7) is 10.3. The molecule has 5 rings (SSSR count). The number of anilines is 1. The third-order valence-electron chi connectivity index (χ3n) is 6.27. The Morgan fingerprint density at radius 3 is 2.56 bits per heavy atom. The number of carboxylic acids is 1. The first-order valence-corrected chi connectivity index (χ1v) is 12.7. The highest BCUT2D eigenvalue weighted by Gasteiger charge is 2.23. The van der Waals surface area contributed by atoms with Gasteiger partial charge in [0.25, 0.3) is 0 Å². The van der Waals surface area contributed by atoms with Crippen molar-refractivity contribution in [2.24, 2.45) is 0 Å². The number of aromatic nitrogens is 2. The number of halogens is 2. The van der Waals surface area contributed by atoms with Gasteiger partial charge in [-0.2, -0.15) is 0 Å². The fraction of sp³-hybridized carbons (Fsp3) is 0.333. The Hall–Kier alpha value is -3.98. The lowest BCUT2D eigenvalue weighted by atomic mass is 9.90. The van der Waals surface area contributed by atoms with Crippen molar-refractivity contribution < 1.29 is 28.5 Å². The van der Waals surface area contributed by atoms with Gasteiger partial charge < -0.3 is 24.8 Å². The Morgan fingerprint density at radius 1 is 1.15 bits per heavy atom. The number of nitrogens with zero attached hydrogens (tertiary/aromatic N) is 2. The molecule has 1 aliphatic rings. The van der Waals surface area contributed by atoms with Gasteiger partial charge in [0.05, 0.1) is 24.3 Å². The first-order chi connectivity index (χ1) is 18.3. The van der Waals surface area contributed by atoms with Gasteiger partial charge in [-0.3, -0.25) is 4.79 Å². The molecule has 2 aromatic carbocycles. The number of aliphatic hydroxyl groups is 1. The largest absolute Gasteiger partial charge is 0.490 e. The highest BCUT2D eigenvalue weighted by molar-refractivity contribution is 5.99. The molecule has 0 atom stereocenters. The van der Waals surface area contributed by atoms with E-state index in [-0.39, 0.29) is 18.5 Å². The van der Waals surface area contributed by atoms with Gasteiger partial charge in [0.1, 0.15) is 18.0 Å². The molecule has 3 N–H and O–H groups in total. The number of hydrogen-bond donors (Lipinski definition) is 3. The number of hydrogen-bond acceptors (Lipinski definition) is 5. The van der Waals surface area contributed by atoms with E-state index in [0.29, 0.717) is 30.1 Å². The molecule has 206 valence electrons. The molecule has 0 saturated heterocycles. The SMILES string of the molecule is CC(C)(C)O.Cc1nc2c(ccn2Cc2cccc(F)c2F)c(-c2ccc3c(c2C)NCCO3)c1CC(=O)O. The number of aryl methyl sites for hydroxylation is 1. The highest BCUT2D eigenvalue weighted by Crippen LogP contribution is 2.42. The lowest BCUT2D eigenvalue weighted by Crippen LogP contribution is -2.19. The van der Waals surface area contributed by atoms with Crippen LogP contribution in [0.25, 0.3) is 22.2 Å². The van der Waals surface area contributed by atoms with Crippen molar-refractivity contribution in [2.75, 3.05) is 18.5 Å². The second-order valence-electron chi connectivity index (χ2n) is 10.6. The van der Waals surface area contributed by atoms with Crippen LogP contribution in [0.1, 0.15) is 43.2 Å². The number of carboxylic acid groups (broad SMARTS) is 1. The molecule has 0 bridgehead atoms. The average Bonchev–Trinajstić information content (AvgIpc) is 3.24. The van der Waals surface area contributed by atoms with Gasteiger partial charge >= 0.3 is 5.97 Å². The van der Waals surface area contributed by atoms with Crippen molar-refractivity contribution in [3.8, 4) is 16.9 Å². The predicted molar refractivity (Wildman–Crippen MR) is 147 cm³/mol. The topological polar surface area (TPSA) is 96.6 Å². The molecule has 0 aliphatic carbocycles. The number of fused-ring (bicyclic) bond motifs is 2. The van der Waals surface area contributed by atoms with Crippen molar-refractivity contribution in [2.45, 2.75) is 53.2 Å². The van der Waals surface area contributed by atoms with E-state index < -0.39 is 23.2 Å². The summed E-state index contributed by atoms with van der Waals surface area (Å²) in [7, 11) is 0. The maximum Gasteiger partial charge on any atom is 0.307 e. The summed E-state index contributed by atoms with van der Waals surface area (Å²) < 4.78 is 35.6. The first-order valence-electron chi connectivity index (χ1n) is 12.7. The molecule has 3 heterocycles. The van der Waals surface area contributed by atoms with Crippen molar-refractivity contribution in [1.29, 1.82) is 0 Å². The fourth-order valence-electron chi connectivity index (χ4n) is 4.65. The third kappa shape index (κ3) is 6.20. The average molecular weight is 538 g/mol. The van der Waals surface area contributed by atoms with Crippen molar-refractivity contribution in [3.05, 3.63) is 76.6 Å². The quantitative estimate of drug-likeness (QED) is 0.295. The summed E-state index contributed by atoms with van der Waals surface area (Å²) in [5, 5.41) is 22.3. The van der Waals surface area contributed by atoms with Crippen LogP contribution in [0.5, 0.6) is 5.75 Å². The lowest BCUT2D eigenvalue weighted by molar-refractivity contribution is -0.136. The maximum absolute atomic E-state index is 14.3. The van der Waals surface area contributed by atoms with Crippen molar-refractivity contribution >= 4 is 22.7 Å². The molecule has 39 heavy (non-hydrogen) atoms. The van der Waals surface area contributed by atoms with Gasteiger partial charge in [0.15, 0.2) is 11.6 Å². The second kappa shape index (κ2) is 11.0. The van der Waals surface area contributed by atoms with E-state index in [1.165, 1.54) is 12.1 Å². The summed E-state index contributed by atoms with van der Waals surface area (Å²) in [5.41, 5.74) is 4.95. The second-order valence-corrected chi connectivity index (χ2v) is 10.6. The van der Waals surface area contributed by atoms with Gasteiger partial charge in [-0.25, -0.2) is 13.8 Å². The number of rotatable bonds is 5. The molecule has 0 amide bonds. The summed E-state index contributed by atoms with van der Waals surface area (Å²) in [4.78, 5) is 16.4. The van der Waals surface area contributed by atoms with Crippen LogP contribution in [0, 0.1) is 25.5 Å². The van der Waals surface area contributed by atoms with Crippen molar-refractivity contribution in [3.63, 3.8) is 0 Å². The van der Waals surface area contributed by atoms with Crippen LogP contribution in [-0.4, -0.2) is 44.5 Å². The molecule has 7 nitrogen and oxygen atoms in total. The lowest BCUT2D eigenvalue weighted by Gasteiger charge is -2.24. The molecule has 9 heteroatoms. The van der Waals surface area contributed by atoms with Gasteiger partial charge in [-0.1, -0.05) is 18.2 Å². The van der Waals surface area contributed by atoms with Crippen LogP contribution >= 0.6 is 0 Å². The minimum absolute atomic E-state index is 0.0931. The van der Waals surface area contributed by atoms with Gasteiger partial charge in [0, 0.05) is 29.4 Å². The molecular weight excluding hydrogens is 504 g/mol. The van der Waals surface area contributed by atoms with E-state index >= 15 is 0 Å². The highest BCUT2D eigenvalue weighted by atomic mass is 19.2. The van der Waals surface area contributed by atoms with Crippen LogP contribution in [0.15, 0.2) is 42.6 Å². The first kappa shape index (κ1) is 28.0. The third-order valence-corrected chi connectivity index (χ3v) is 6.27. The molecule has 0 radical (unpaired) electrons. The number of nitrogens with one attached hydrogen (secondary N) is 1. The Morgan fingerprint density at radius 2 is 1.87 bits per heavy atom. The van der Waals surface area contributed by atoms with E-state index in [2.05, 4.69) is 10.3 Å². The van der Waals surface area contributed by atoms with E-state index in [0.717, 1.165) is 39.6 Å². The molecular formula is C30H33F2N3O4. The zero-order valence-corrected chi connectivity index (χ0v) is 22.7. The molecule has 0 saturated carbocycles. The Balaban J connectivity index is 0.000000648. The van der Waals surface area contributed by atoms with E-state index in [4.69, 9.17) is 9.84 Å². The zero-order chi connectivity index (χ0) is 28.5. The van der Waals surface area contributed by atoms with Crippen LogP contribution in [0.3, 0.4) is 0 Å². The number of ether oxygens (including phenoxy) is 1. The predicted octanol–water partition coefficient (Wildman–Crippen LogP) is 5.86. The molecule has 1 aliphatic heterocycles. The molecule has 4 aromatic rings. The normalized spacial score (nSPS) is 12.7. The van der Waals surface area contributed by atoms with Gasteiger partial charge in [-0.05, 0) is 75.1 Å². The van der Waals surface area contributed by atoms with Gasteiger partial charge in [-0.15, -0.1) is 0 Å². The Labute approximate surface area is 226 Å². The number of carbonyl (C=O) groups is 1. The minimum Gasteiger partial charge on any atom is -0.490 e. The zero-order valence-electron chi connectivity index (χ0n) is 22.7.